The quantitative estimate of drug-likeness (QED) is 0.528. The first kappa shape index (κ1) is 23.6. The monoisotopic (exact) mass is 477 g/mol. The van der Waals surface area contributed by atoms with Crippen molar-refractivity contribution in [3.63, 3.8) is 0 Å². The first-order valence-corrected chi connectivity index (χ1v) is 10.9. The summed E-state index contributed by atoms with van der Waals surface area (Å²) >= 11 is 0. The first-order valence-electron chi connectivity index (χ1n) is 10.9. The van der Waals surface area contributed by atoms with Gasteiger partial charge in [0.05, 0.1) is 23.1 Å². The van der Waals surface area contributed by atoms with Gasteiger partial charge in [0.15, 0.2) is 5.65 Å². The van der Waals surface area contributed by atoms with Gasteiger partial charge in [-0.1, -0.05) is 0 Å². The fourth-order valence-corrected chi connectivity index (χ4v) is 4.38. The van der Waals surface area contributed by atoms with Gasteiger partial charge in [0.25, 0.3) is 5.56 Å². The van der Waals surface area contributed by atoms with E-state index in [-0.39, 0.29) is 12.0 Å². The number of carbonyl (C=O) groups is 1. The van der Waals surface area contributed by atoms with Crippen LogP contribution in [0.3, 0.4) is 0 Å². The van der Waals surface area contributed by atoms with Gasteiger partial charge in [-0.3, -0.25) is 4.79 Å². The second kappa shape index (κ2) is 8.99. The van der Waals surface area contributed by atoms with Gasteiger partial charge in [0.2, 0.25) is 0 Å². The molecular formula is C22H26F3N7O2. The van der Waals surface area contributed by atoms with Crippen LogP contribution in [0, 0.1) is 0 Å². The molecule has 0 spiro atoms. The number of fused-ring (bicyclic) bond motifs is 1. The Kier molecular flexibility index (Phi) is 6.24. The maximum atomic E-state index is 13.1. The largest absolute Gasteiger partial charge is 0.417 e. The highest BCUT2D eigenvalue weighted by molar-refractivity contribution is 5.89. The molecule has 0 atom stereocenters. The molecule has 182 valence electrons. The Morgan fingerprint density at radius 3 is 2.59 bits per heavy atom. The summed E-state index contributed by atoms with van der Waals surface area (Å²) in [5.41, 5.74) is 1.13. The van der Waals surface area contributed by atoms with E-state index in [2.05, 4.69) is 20.6 Å². The molecule has 0 aromatic carbocycles. The van der Waals surface area contributed by atoms with Crippen molar-refractivity contribution in [2.75, 3.05) is 24.7 Å². The van der Waals surface area contributed by atoms with E-state index in [0.717, 1.165) is 34.3 Å². The minimum Gasteiger partial charge on any atom is -0.385 e. The van der Waals surface area contributed by atoms with Crippen LogP contribution in [0.4, 0.5) is 29.3 Å². The molecule has 0 saturated heterocycles. The van der Waals surface area contributed by atoms with E-state index in [1.54, 1.807) is 13.2 Å². The Hall–Kier alpha value is -3.57. The zero-order valence-corrected chi connectivity index (χ0v) is 19.0. The Bertz CT molecular complexity index is 1260. The van der Waals surface area contributed by atoms with Gasteiger partial charge in [-0.25, -0.2) is 14.8 Å². The summed E-state index contributed by atoms with van der Waals surface area (Å²) in [6.45, 7) is 0. The Balaban J connectivity index is 1.42. The van der Waals surface area contributed by atoms with E-state index in [1.807, 2.05) is 13.2 Å². The molecule has 34 heavy (non-hydrogen) atoms. The van der Waals surface area contributed by atoms with Crippen molar-refractivity contribution >= 4 is 28.6 Å². The molecule has 3 aromatic rings. The summed E-state index contributed by atoms with van der Waals surface area (Å²) < 4.78 is 40.1. The van der Waals surface area contributed by atoms with Crippen molar-refractivity contribution in [1.29, 1.82) is 0 Å². The molecule has 3 heterocycles. The van der Waals surface area contributed by atoms with Gasteiger partial charge in [0.1, 0.15) is 11.2 Å². The van der Waals surface area contributed by atoms with Crippen LogP contribution in [0.1, 0.15) is 42.9 Å². The molecule has 1 fully saturated rings. The number of hydrogen-bond donors (Lipinski definition) is 3. The number of carbonyl (C=O) groups excluding carboxylic acids is 1. The minimum absolute atomic E-state index is 0.109. The van der Waals surface area contributed by atoms with Crippen LogP contribution >= 0.6 is 0 Å². The molecule has 3 aromatic heterocycles. The van der Waals surface area contributed by atoms with Crippen molar-refractivity contribution in [1.82, 2.24) is 24.4 Å². The van der Waals surface area contributed by atoms with Crippen molar-refractivity contribution in [3.8, 4) is 0 Å². The number of halogens is 3. The highest BCUT2D eigenvalue weighted by Crippen LogP contribution is 2.35. The average Bonchev–Trinajstić information content (AvgIpc) is 3.23. The van der Waals surface area contributed by atoms with Crippen LogP contribution in [0.2, 0.25) is 0 Å². The number of urea groups is 1. The lowest BCUT2D eigenvalue weighted by Gasteiger charge is -2.34. The summed E-state index contributed by atoms with van der Waals surface area (Å²) in [6, 6.07) is -0.0602. The number of anilines is 2. The molecule has 0 aliphatic heterocycles. The van der Waals surface area contributed by atoms with Crippen LogP contribution in [0.15, 0.2) is 29.5 Å². The van der Waals surface area contributed by atoms with Crippen LogP contribution < -0.4 is 16.2 Å². The number of H-pyrrole nitrogens is 1. The lowest BCUT2D eigenvalue weighted by Crippen LogP contribution is -2.42. The number of nitrogens with zero attached hydrogens (tertiary/aromatic N) is 4. The number of amides is 2. The smallest absolute Gasteiger partial charge is 0.385 e. The van der Waals surface area contributed by atoms with E-state index >= 15 is 0 Å². The number of aryl methyl sites for hydroxylation is 1. The fourth-order valence-electron chi connectivity index (χ4n) is 4.38. The zero-order chi connectivity index (χ0) is 24.6. The van der Waals surface area contributed by atoms with Crippen molar-refractivity contribution < 1.29 is 18.0 Å². The van der Waals surface area contributed by atoms with Crippen LogP contribution in [0.25, 0.3) is 11.2 Å². The predicted molar refractivity (Wildman–Crippen MR) is 122 cm³/mol. The molecule has 12 heteroatoms. The van der Waals surface area contributed by atoms with Crippen molar-refractivity contribution in [2.45, 2.75) is 43.8 Å². The van der Waals surface area contributed by atoms with Gasteiger partial charge in [-0.15, -0.1) is 0 Å². The maximum absolute atomic E-state index is 13.1. The highest BCUT2D eigenvalue weighted by Gasteiger charge is 2.33. The van der Waals surface area contributed by atoms with E-state index in [0.29, 0.717) is 30.8 Å². The highest BCUT2D eigenvalue weighted by atomic mass is 19.4. The molecule has 1 saturated carbocycles. The van der Waals surface area contributed by atoms with Crippen molar-refractivity contribution in [3.05, 3.63) is 46.3 Å². The molecule has 4 rings (SSSR count). The number of aromatic amines is 1. The Morgan fingerprint density at radius 1 is 1.24 bits per heavy atom. The van der Waals surface area contributed by atoms with E-state index in [4.69, 9.17) is 4.98 Å². The van der Waals surface area contributed by atoms with Gasteiger partial charge >= 0.3 is 12.2 Å². The number of nitrogens with one attached hydrogen (secondary N) is 3. The van der Waals surface area contributed by atoms with Crippen LogP contribution in [0.5, 0.6) is 0 Å². The second-order valence-electron chi connectivity index (χ2n) is 8.55. The standard InChI is InChI=1S/C22H26F3N7O2/c1-26-17-10-28-19-18(17)29-16(9-27-19)12-4-6-14(7-5-12)32(3)21(34)30-15-8-13(22(23,24)25)11-31(2)20(15)33/h8-12,14,26H,4-7H2,1-3H3,(H,27,28)(H,30,34). The fraction of sp³-hybridized carbons (Fsp3) is 0.455. The summed E-state index contributed by atoms with van der Waals surface area (Å²) in [6.07, 6.45) is 2.62. The number of rotatable bonds is 4. The average molecular weight is 477 g/mol. The minimum atomic E-state index is -4.63. The Morgan fingerprint density at radius 2 is 1.94 bits per heavy atom. The molecule has 0 radical (unpaired) electrons. The number of aromatic nitrogens is 4. The van der Waals surface area contributed by atoms with E-state index < -0.39 is 29.0 Å². The third kappa shape index (κ3) is 4.57. The molecule has 0 bridgehead atoms. The van der Waals surface area contributed by atoms with Crippen LogP contribution in [-0.2, 0) is 13.2 Å². The van der Waals surface area contributed by atoms with Gasteiger partial charge in [-0.2, -0.15) is 13.2 Å². The summed E-state index contributed by atoms with van der Waals surface area (Å²) in [5, 5.41) is 5.44. The number of alkyl halides is 3. The summed E-state index contributed by atoms with van der Waals surface area (Å²) in [4.78, 5) is 38.7. The molecule has 0 unspecified atom stereocenters. The lowest BCUT2D eigenvalue weighted by molar-refractivity contribution is -0.138. The van der Waals surface area contributed by atoms with Gasteiger partial charge < -0.3 is 25.1 Å². The number of hydrogen-bond acceptors (Lipinski definition) is 5. The maximum Gasteiger partial charge on any atom is 0.417 e. The molecule has 2 amide bonds. The van der Waals surface area contributed by atoms with Crippen LogP contribution in [-0.4, -0.2) is 50.6 Å². The van der Waals surface area contributed by atoms with Gasteiger partial charge in [0, 0.05) is 45.5 Å². The molecule has 1 aliphatic carbocycles. The molecule has 3 N–H and O–H groups in total. The Labute approximate surface area is 193 Å². The molecular weight excluding hydrogens is 451 g/mol. The normalized spacial score (nSPS) is 18.6. The van der Waals surface area contributed by atoms with E-state index in [9.17, 15) is 22.8 Å². The first-order chi connectivity index (χ1) is 16.1. The topological polar surface area (TPSA) is 108 Å². The molecule has 9 nitrogen and oxygen atoms in total. The third-order valence-electron chi connectivity index (χ3n) is 6.40. The van der Waals surface area contributed by atoms with Crippen molar-refractivity contribution in [2.24, 2.45) is 7.05 Å². The predicted octanol–water partition coefficient (Wildman–Crippen LogP) is 3.91. The third-order valence-corrected chi connectivity index (χ3v) is 6.40. The SMILES string of the molecule is CNc1c[nH]c2ncc(C3CCC(N(C)C(=O)Nc4cc(C(F)(F)F)cn(C)c4=O)CC3)nc12. The molecule has 1 aliphatic rings. The summed E-state index contributed by atoms with van der Waals surface area (Å²) in [7, 11) is 4.62. The van der Waals surface area contributed by atoms with E-state index in [1.165, 1.54) is 11.9 Å². The number of pyridine rings is 1. The zero-order valence-electron chi connectivity index (χ0n) is 19.0. The second-order valence-corrected chi connectivity index (χ2v) is 8.55. The lowest BCUT2D eigenvalue weighted by atomic mass is 9.83. The van der Waals surface area contributed by atoms with Gasteiger partial charge in [-0.05, 0) is 31.7 Å². The summed E-state index contributed by atoms with van der Waals surface area (Å²) in [5.74, 6) is 0.194.